The van der Waals surface area contributed by atoms with E-state index in [2.05, 4.69) is 46.4 Å². The van der Waals surface area contributed by atoms with Gasteiger partial charge in [0.1, 0.15) is 0 Å². The maximum Gasteiger partial charge on any atom is 0.230 e. The van der Waals surface area contributed by atoms with Crippen LogP contribution < -0.4 is 10.2 Å². The molecule has 5 nitrogen and oxygen atoms in total. The minimum Gasteiger partial charge on any atom is -0.393 e. The van der Waals surface area contributed by atoms with E-state index >= 15 is 0 Å². The lowest BCUT2D eigenvalue weighted by molar-refractivity contribution is -0.124. The fraction of sp³-hybridized carbons (Fsp3) is 0.667. The Morgan fingerprint density at radius 3 is 2.23 bits per heavy atom. The summed E-state index contributed by atoms with van der Waals surface area (Å²) in [6, 6.07) is 8.92. The summed E-state index contributed by atoms with van der Waals surface area (Å²) in [5, 5.41) is 12.9. The Morgan fingerprint density at radius 1 is 1.04 bits per heavy atom. The third kappa shape index (κ3) is 3.60. The SMILES string of the molecule is CN1CCN(c2ccc(C3(C(=O)NC4CCC(O)CC4)CC3)cc2)CC1. The number of aliphatic hydroxyl groups excluding tert-OH is 1. The number of carbonyl (C=O) groups excluding carboxylic acids is 1. The number of anilines is 1. The van der Waals surface area contributed by atoms with Gasteiger partial charge in [-0.2, -0.15) is 0 Å². The fourth-order valence-corrected chi connectivity index (χ4v) is 4.37. The smallest absolute Gasteiger partial charge is 0.230 e. The highest BCUT2D eigenvalue weighted by Crippen LogP contribution is 2.49. The third-order valence-electron chi connectivity index (χ3n) is 6.50. The lowest BCUT2D eigenvalue weighted by Crippen LogP contribution is -2.44. The van der Waals surface area contributed by atoms with Gasteiger partial charge in [-0.3, -0.25) is 4.79 Å². The van der Waals surface area contributed by atoms with Crippen LogP contribution in [-0.4, -0.2) is 61.3 Å². The summed E-state index contributed by atoms with van der Waals surface area (Å²) >= 11 is 0. The van der Waals surface area contributed by atoms with Crippen molar-refractivity contribution in [2.45, 2.75) is 56.1 Å². The first-order chi connectivity index (χ1) is 12.6. The Morgan fingerprint density at radius 2 is 1.65 bits per heavy atom. The first-order valence-electron chi connectivity index (χ1n) is 10.1. The van der Waals surface area contributed by atoms with Gasteiger partial charge in [0.25, 0.3) is 0 Å². The molecule has 2 saturated carbocycles. The van der Waals surface area contributed by atoms with Gasteiger partial charge in [0.15, 0.2) is 0 Å². The van der Waals surface area contributed by atoms with Crippen molar-refractivity contribution in [1.29, 1.82) is 0 Å². The summed E-state index contributed by atoms with van der Waals surface area (Å²) in [7, 11) is 2.17. The number of aliphatic hydroxyl groups is 1. The van der Waals surface area contributed by atoms with Crippen molar-refractivity contribution in [3.05, 3.63) is 29.8 Å². The molecule has 1 aromatic rings. The zero-order valence-electron chi connectivity index (χ0n) is 15.8. The third-order valence-corrected chi connectivity index (χ3v) is 6.50. The van der Waals surface area contributed by atoms with Gasteiger partial charge in [-0.05, 0) is 63.3 Å². The number of amides is 1. The molecule has 3 aliphatic rings. The summed E-state index contributed by atoms with van der Waals surface area (Å²) in [5.41, 5.74) is 2.11. The molecule has 5 heteroatoms. The van der Waals surface area contributed by atoms with Crippen molar-refractivity contribution in [3.63, 3.8) is 0 Å². The van der Waals surface area contributed by atoms with Gasteiger partial charge in [-0.15, -0.1) is 0 Å². The van der Waals surface area contributed by atoms with E-state index in [1.165, 1.54) is 5.69 Å². The number of benzene rings is 1. The highest BCUT2D eigenvalue weighted by molar-refractivity contribution is 5.91. The molecule has 0 radical (unpaired) electrons. The maximum absolute atomic E-state index is 12.9. The van der Waals surface area contributed by atoms with Crippen LogP contribution in [-0.2, 0) is 10.2 Å². The molecule has 2 N–H and O–H groups in total. The summed E-state index contributed by atoms with van der Waals surface area (Å²) in [6.07, 6.45) is 5.11. The molecule has 142 valence electrons. The standard InChI is InChI=1S/C21H31N3O2/c1-23-12-14-24(15-13-23)18-6-2-16(3-7-18)21(10-11-21)20(26)22-17-4-8-19(25)9-5-17/h2-3,6-7,17,19,25H,4-5,8-15H2,1H3,(H,22,26). The van der Waals surface area contributed by atoms with E-state index in [9.17, 15) is 9.90 Å². The molecule has 4 rings (SSSR count). The minimum atomic E-state index is -0.309. The number of carbonyl (C=O) groups is 1. The second kappa shape index (κ2) is 7.20. The van der Waals surface area contributed by atoms with Crippen LogP contribution in [0.15, 0.2) is 24.3 Å². The van der Waals surface area contributed by atoms with Crippen LogP contribution in [0.1, 0.15) is 44.1 Å². The monoisotopic (exact) mass is 357 g/mol. The minimum absolute atomic E-state index is 0.180. The Balaban J connectivity index is 1.39. The molecular weight excluding hydrogens is 326 g/mol. The van der Waals surface area contributed by atoms with Crippen molar-refractivity contribution in [2.24, 2.45) is 0 Å². The lowest BCUT2D eigenvalue weighted by atomic mass is 9.90. The predicted octanol–water partition coefficient (Wildman–Crippen LogP) is 1.89. The quantitative estimate of drug-likeness (QED) is 0.864. The average molecular weight is 357 g/mol. The van der Waals surface area contributed by atoms with E-state index in [1.807, 2.05) is 0 Å². The van der Waals surface area contributed by atoms with Crippen molar-refractivity contribution in [1.82, 2.24) is 10.2 Å². The van der Waals surface area contributed by atoms with Crippen LogP contribution in [0.5, 0.6) is 0 Å². The lowest BCUT2D eigenvalue weighted by Gasteiger charge is -2.34. The molecule has 3 fully saturated rings. The molecule has 1 amide bonds. The first-order valence-corrected chi connectivity index (χ1v) is 10.1. The topological polar surface area (TPSA) is 55.8 Å². The number of nitrogens with zero attached hydrogens (tertiary/aromatic N) is 2. The number of hydrogen-bond donors (Lipinski definition) is 2. The Hall–Kier alpha value is -1.59. The van der Waals surface area contributed by atoms with Crippen LogP contribution >= 0.6 is 0 Å². The maximum atomic E-state index is 12.9. The van der Waals surface area contributed by atoms with Gasteiger partial charge in [-0.1, -0.05) is 12.1 Å². The van der Waals surface area contributed by atoms with E-state index in [0.29, 0.717) is 0 Å². The molecular formula is C21H31N3O2. The highest BCUT2D eigenvalue weighted by atomic mass is 16.3. The molecule has 26 heavy (non-hydrogen) atoms. The summed E-state index contributed by atoms with van der Waals surface area (Å²) in [5.74, 6) is 0.186. The number of rotatable bonds is 4. The molecule has 1 saturated heterocycles. The van der Waals surface area contributed by atoms with Gasteiger partial charge >= 0.3 is 0 Å². The molecule has 0 unspecified atom stereocenters. The van der Waals surface area contributed by atoms with Gasteiger partial charge in [0.05, 0.1) is 11.5 Å². The molecule has 1 aromatic carbocycles. The van der Waals surface area contributed by atoms with Gasteiger partial charge < -0.3 is 20.2 Å². The predicted molar refractivity (Wildman–Crippen MR) is 103 cm³/mol. The number of nitrogens with one attached hydrogen (secondary N) is 1. The Bertz CT molecular complexity index is 625. The highest BCUT2D eigenvalue weighted by Gasteiger charge is 2.51. The van der Waals surface area contributed by atoms with E-state index in [-0.39, 0.29) is 23.5 Å². The molecule has 1 aliphatic heterocycles. The number of likely N-dealkylation sites (N-methyl/N-ethyl adjacent to an activating group) is 1. The van der Waals surface area contributed by atoms with Gasteiger partial charge in [0.2, 0.25) is 5.91 Å². The number of hydrogen-bond acceptors (Lipinski definition) is 4. The van der Waals surface area contributed by atoms with Crippen molar-refractivity contribution >= 4 is 11.6 Å². The molecule has 0 spiro atoms. The normalized spacial score (nSPS) is 28.6. The van der Waals surface area contributed by atoms with Gasteiger partial charge in [-0.25, -0.2) is 0 Å². The van der Waals surface area contributed by atoms with Crippen molar-refractivity contribution in [2.75, 3.05) is 38.1 Å². The van der Waals surface area contributed by atoms with E-state index in [0.717, 1.165) is 70.3 Å². The molecule has 1 heterocycles. The van der Waals surface area contributed by atoms with Crippen molar-refractivity contribution in [3.8, 4) is 0 Å². The Labute approximate surface area is 156 Å². The van der Waals surface area contributed by atoms with Crippen LogP contribution in [0, 0.1) is 0 Å². The average Bonchev–Trinajstić information content (AvgIpc) is 3.46. The van der Waals surface area contributed by atoms with Gasteiger partial charge in [0, 0.05) is 37.9 Å². The van der Waals surface area contributed by atoms with Crippen LogP contribution in [0.2, 0.25) is 0 Å². The zero-order chi connectivity index (χ0) is 18.1. The van der Waals surface area contributed by atoms with Crippen LogP contribution in [0.25, 0.3) is 0 Å². The fourth-order valence-electron chi connectivity index (χ4n) is 4.37. The summed E-state index contributed by atoms with van der Waals surface area (Å²) < 4.78 is 0. The van der Waals surface area contributed by atoms with Crippen LogP contribution in [0.4, 0.5) is 5.69 Å². The Kier molecular flexibility index (Phi) is 4.93. The second-order valence-corrected chi connectivity index (χ2v) is 8.40. The number of piperazine rings is 1. The first kappa shape index (κ1) is 17.8. The van der Waals surface area contributed by atoms with E-state index in [1.54, 1.807) is 0 Å². The second-order valence-electron chi connectivity index (χ2n) is 8.40. The zero-order valence-corrected chi connectivity index (χ0v) is 15.8. The summed E-state index contributed by atoms with van der Waals surface area (Å²) in [4.78, 5) is 17.7. The largest absolute Gasteiger partial charge is 0.393 e. The van der Waals surface area contributed by atoms with Crippen molar-refractivity contribution < 1.29 is 9.90 Å². The van der Waals surface area contributed by atoms with E-state index < -0.39 is 0 Å². The molecule has 0 bridgehead atoms. The molecule has 0 atom stereocenters. The molecule has 0 aromatic heterocycles. The molecule has 2 aliphatic carbocycles. The van der Waals surface area contributed by atoms with Crippen LogP contribution in [0.3, 0.4) is 0 Å². The van der Waals surface area contributed by atoms with E-state index in [4.69, 9.17) is 0 Å². The summed E-state index contributed by atoms with van der Waals surface area (Å²) in [6.45, 7) is 4.33.